The van der Waals surface area contributed by atoms with Crippen LogP contribution < -0.4 is 4.74 Å². The van der Waals surface area contributed by atoms with Crippen LogP contribution in [0.1, 0.15) is 16.7 Å². The summed E-state index contributed by atoms with van der Waals surface area (Å²) < 4.78 is 46.2. The van der Waals surface area contributed by atoms with E-state index < -0.39 is 11.7 Å². The van der Waals surface area contributed by atoms with E-state index in [0.29, 0.717) is 21.7 Å². The maximum Gasteiger partial charge on any atom is 0.418 e. The van der Waals surface area contributed by atoms with E-state index in [2.05, 4.69) is 4.98 Å². The Morgan fingerprint density at radius 3 is 2.50 bits per heavy atom. The summed E-state index contributed by atoms with van der Waals surface area (Å²) in [5, 5.41) is 1.07. The van der Waals surface area contributed by atoms with E-state index in [1.807, 2.05) is 43.3 Å². The van der Waals surface area contributed by atoms with Gasteiger partial charge >= 0.3 is 6.18 Å². The van der Waals surface area contributed by atoms with Crippen molar-refractivity contribution in [1.29, 1.82) is 0 Å². The maximum absolute atomic E-state index is 13.4. The number of rotatable bonds is 4. The van der Waals surface area contributed by atoms with Gasteiger partial charge in [0.25, 0.3) is 0 Å². The summed E-state index contributed by atoms with van der Waals surface area (Å²) in [6.07, 6.45) is -3.00. The topological polar surface area (TPSA) is 22.1 Å². The highest BCUT2D eigenvalue weighted by atomic mass is 35.5. The van der Waals surface area contributed by atoms with Crippen LogP contribution in [0.25, 0.3) is 22.0 Å². The van der Waals surface area contributed by atoms with Gasteiger partial charge in [0.1, 0.15) is 12.4 Å². The second kappa shape index (κ2) is 8.00. The number of fused-ring (bicyclic) bond motifs is 1. The zero-order valence-corrected chi connectivity index (χ0v) is 16.8. The molecule has 0 atom stereocenters. The SMILES string of the molecule is Cc1cnc2c(C(F)(F)F)cccc2c1-c1cccc(OCc2ccccc2Cl)c1. The Morgan fingerprint density at radius 2 is 1.73 bits per heavy atom. The summed E-state index contributed by atoms with van der Waals surface area (Å²) in [5.74, 6) is 0.601. The number of ether oxygens (including phenoxy) is 1. The van der Waals surface area contributed by atoms with Crippen molar-refractivity contribution in [3.8, 4) is 16.9 Å². The van der Waals surface area contributed by atoms with Crippen LogP contribution in [0, 0.1) is 6.92 Å². The average molecular weight is 428 g/mol. The van der Waals surface area contributed by atoms with Crippen LogP contribution in [0.4, 0.5) is 13.2 Å². The first-order valence-corrected chi connectivity index (χ1v) is 9.64. The Labute approximate surface area is 176 Å². The second-order valence-electron chi connectivity index (χ2n) is 6.92. The van der Waals surface area contributed by atoms with Crippen molar-refractivity contribution < 1.29 is 17.9 Å². The number of nitrogens with zero attached hydrogens (tertiary/aromatic N) is 1. The van der Waals surface area contributed by atoms with Crippen molar-refractivity contribution in [3.63, 3.8) is 0 Å². The first-order chi connectivity index (χ1) is 14.3. The van der Waals surface area contributed by atoms with Crippen LogP contribution in [0.2, 0.25) is 5.02 Å². The lowest BCUT2D eigenvalue weighted by Crippen LogP contribution is -2.07. The van der Waals surface area contributed by atoms with E-state index in [9.17, 15) is 13.2 Å². The van der Waals surface area contributed by atoms with Crippen molar-refractivity contribution in [3.05, 3.63) is 94.6 Å². The van der Waals surface area contributed by atoms with Crippen molar-refractivity contribution in [2.24, 2.45) is 0 Å². The molecule has 0 fully saturated rings. The van der Waals surface area contributed by atoms with Gasteiger partial charge in [0.15, 0.2) is 0 Å². The molecule has 1 heterocycles. The molecule has 4 rings (SSSR count). The molecule has 0 bridgehead atoms. The van der Waals surface area contributed by atoms with Gasteiger partial charge in [-0.15, -0.1) is 0 Å². The molecule has 0 amide bonds. The van der Waals surface area contributed by atoms with Gasteiger partial charge in [-0.25, -0.2) is 0 Å². The number of aromatic nitrogens is 1. The molecule has 0 saturated heterocycles. The summed E-state index contributed by atoms with van der Waals surface area (Å²) in [5.41, 5.74) is 2.29. The lowest BCUT2D eigenvalue weighted by molar-refractivity contribution is -0.136. The van der Waals surface area contributed by atoms with Crippen molar-refractivity contribution in [2.75, 3.05) is 0 Å². The van der Waals surface area contributed by atoms with E-state index in [1.54, 1.807) is 18.2 Å². The number of alkyl halides is 3. The molecule has 4 aromatic rings. The zero-order chi connectivity index (χ0) is 21.3. The summed E-state index contributed by atoms with van der Waals surface area (Å²) in [6.45, 7) is 2.12. The summed E-state index contributed by atoms with van der Waals surface area (Å²) in [7, 11) is 0. The fourth-order valence-corrected chi connectivity index (χ4v) is 3.64. The van der Waals surface area contributed by atoms with E-state index in [-0.39, 0.29) is 12.1 Å². The van der Waals surface area contributed by atoms with Crippen LogP contribution in [-0.2, 0) is 12.8 Å². The Kier molecular flexibility index (Phi) is 5.39. The molecule has 0 N–H and O–H groups in total. The highest BCUT2D eigenvalue weighted by Gasteiger charge is 2.33. The Morgan fingerprint density at radius 1 is 0.967 bits per heavy atom. The number of halogens is 4. The van der Waals surface area contributed by atoms with Gasteiger partial charge in [-0.2, -0.15) is 13.2 Å². The minimum absolute atomic E-state index is 0.0620. The molecule has 0 spiro atoms. The Bertz CT molecular complexity index is 1220. The van der Waals surface area contributed by atoms with E-state index in [0.717, 1.165) is 22.8 Å². The normalized spacial score (nSPS) is 11.6. The smallest absolute Gasteiger partial charge is 0.418 e. The molecule has 152 valence electrons. The van der Waals surface area contributed by atoms with Crippen LogP contribution in [-0.4, -0.2) is 4.98 Å². The number of benzene rings is 3. The minimum atomic E-state index is -4.47. The fraction of sp³-hybridized carbons (Fsp3) is 0.125. The molecule has 2 nitrogen and oxygen atoms in total. The molecule has 30 heavy (non-hydrogen) atoms. The third-order valence-corrected chi connectivity index (χ3v) is 5.24. The number of para-hydroxylation sites is 1. The third-order valence-electron chi connectivity index (χ3n) is 4.87. The summed E-state index contributed by atoms with van der Waals surface area (Å²) >= 11 is 6.18. The van der Waals surface area contributed by atoms with Gasteiger partial charge in [-0.3, -0.25) is 4.98 Å². The molecule has 3 aromatic carbocycles. The highest BCUT2D eigenvalue weighted by Crippen LogP contribution is 2.38. The Balaban J connectivity index is 1.75. The lowest BCUT2D eigenvalue weighted by Gasteiger charge is -2.15. The predicted molar refractivity (Wildman–Crippen MR) is 113 cm³/mol. The maximum atomic E-state index is 13.4. The van der Waals surface area contributed by atoms with Crippen LogP contribution in [0.15, 0.2) is 72.9 Å². The molecule has 0 saturated carbocycles. The van der Waals surface area contributed by atoms with Crippen molar-refractivity contribution >= 4 is 22.5 Å². The molecule has 6 heteroatoms. The van der Waals surface area contributed by atoms with Gasteiger partial charge in [0, 0.05) is 22.2 Å². The van der Waals surface area contributed by atoms with Crippen molar-refractivity contribution in [1.82, 2.24) is 4.98 Å². The van der Waals surface area contributed by atoms with Crippen LogP contribution in [0.5, 0.6) is 5.75 Å². The molecule has 0 aliphatic carbocycles. The number of aryl methyl sites for hydroxylation is 1. The quantitative estimate of drug-likeness (QED) is 0.337. The predicted octanol–water partition coefficient (Wildman–Crippen LogP) is 7.46. The molecular formula is C24H17ClF3NO. The molecule has 0 unspecified atom stereocenters. The van der Waals surface area contributed by atoms with Crippen LogP contribution in [0.3, 0.4) is 0 Å². The average Bonchev–Trinajstić information content (AvgIpc) is 2.72. The Hall–Kier alpha value is -3.05. The van der Waals surface area contributed by atoms with Gasteiger partial charge in [-0.1, -0.05) is 54.1 Å². The lowest BCUT2D eigenvalue weighted by atomic mass is 9.95. The molecular weight excluding hydrogens is 411 g/mol. The fourth-order valence-electron chi connectivity index (χ4n) is 3.45. The number of hydrogen-bond acceptors (Lipinski definition) is 2. The monoisotopic (exact) mass is 427 g/mol. The molecule has 0 aliphatic heterocycles. The minimum Gasteiger partial charge on any atom is -0.489 e. The highest BCUT2D eigenvalue weighted by molar-refractivity contribution is 6.31. The number of pyridine rings is 1. The number of hydrogen-bond donors (Lipinski definition) is 0. The molecule has 1 aromatic heterocycles. The van der Waals surface area contributed by atoms with E-state index in [4.69, 9.17) is 16.3 Å². The van der Waals surface area contributed by atoms with Gasteiger partial charge in [0.2, 0.25) is 0 Å². The third kappa shape index (κ3) is 3.98. The zero-order valence-electron chi connectivity index (χ0n) is 16.0. The summed E-state index contributed by atoms with van der Waals surface area (Å²) in [6, 6.07) is 18.8. The second-order valence-corrected chi connectivity index (χ2v) is 7.33. The summed E-state index contributed by atoms with van der Waals surface area (Å²) in [4.78, 5) is 4.08. The molecule has 0 aliphatic rings. The largest absolute Gasteiger partial charge is 0.489 e. The first-order valence-electron chi connectivity index (χ1n) is 9.27. The molecule has 0 radical (unpaired) electrons. The van der Waals surface area contributed by atoms with Crippen molar-refractivity contribution in [2.45, 2.75) is 19.7 Å². The standard InChI is InChI=1S/C24H17ClF3NO/c1-15-13-29-23-19(9-5-10-20(23)24(26,27)28)22(15)16-7-4-8-18(12-16)30-14-17-6-2-3-11-21(17)25/h2-13H,14H2,1H3. The first kappa shape index (κ1) is 20.2. The van der Waals surface area contributed by atoms with E-state index >= 15 is 0 Å². The van der Waals surface area contributed by atoms with Gasteiger partial charge in [0.05, 0.1) is 11.1 Å². The van der Waals surface area contributed by atoms with Crippen LogP contribution >= 0.6 is 11.6 Å². The van der Waals surface area contributed by atoms with Gasteiger partial charge < -0.3 is 4.74 Å². The van der Waals surface area contributed by atoms with E-state index in [1.165, 1.54) is 12.3 Å². The van der Waals surface area contributed by atoms with Gasteiger partial charge in [-0.05, 0) is 47.9 Å².